The monoisotopic (exact) mass is 453 g/mol. The topological polar surface area (TPSA) is 67.0 Å². The quantitative estimate of drug-likeness (QED) is 0.365. The maximum Gasteiger partial charge on any atom is 0.266 e. The first-order valence-corrected chi connectivity index (χ1v) is 10.2. The summed E-state index contributed by atoms with van der Waals surface area (Å²) in [5, 5.41) is 13.4. The van der Waals surface area contributed by atoms with Gasteiger partial charge in [0.05, 0.1) is 12.8 Å². The van der Waals surface area contributed by atoms with Gasteiger partial charge in [-0.1, -0.05) is 29.3 Å². The van der Waals surface area contributed by atoms with Gasteiger partial charge in [0.25, 0.3) is 5.91 Å². The summed E-state index contributed by atoms with van der Waals surface area (Å²) in [5.41, 5.74) is 4.88. The highest BCUT2D eigenvalue weighted by molar-refractivity contribution is 6.31. The number of methoxy groups -OCH3 is 1. The van der Waals surface area contributed by atoms with E-state index in [1.807, 2.05) is 51.1 Å². The molecule has 2 aromatic carbocycles. The van der Waals surface area contributed by atoms with Gasteiger partial charge in [0.1, 0.15) is 17.4 Å². The molecular formula is C24H21Cl2N3O2. The van der Waals surface area contributed by atoms with Crippen molar-refractivity contribution in [3.8, 4) is 17.5 Å². The van der Waals surface area contributed by atoms with Crippen LogP contribution < -0.4 is 10.1 Å². The highest BCUT2D eigenvalue weighted by atomic mass is 35.5. The Hall–Kier alpha value is -3.20. The van der Waals surface area contributed by atoms with E-state index in [1.165, 1.54) is 7.11 Å². The van der Waals surface area contributed by atoms with E-state index in [2.05, 4.69) is 9.88 Å². The van der Waals surface area contributed by atoms with Gasteiger partial charge in [-0.05, 0) is 74.4 Å². The fourth-order valence-electron chi connectivity index (χ4n) is 3.41. The van der Waals surface area contributed by atoms with Crippen LogP contribution >= 0.6 is 23.2 Å². The Morgan fingerprint density at radius 3 is 2.58 bits per heavy atom. The van der Waals surface area contributed by atoms with Crippen molar-refractivity contribution in [1.29, 1.82) is 5.26 Å². The Balaban J connectivity index is 1.99. The molecule has 5 nitrogen and oxygen atoms in total. The zero-order valence-electron chi connectivity index (χ0n) is 17.6. The van der Waals surface area contributed by atoms with Crippen LogP contribution in [0.3, 0.4) is 0 Å². The fourth-order valence-corrected chi connectivity index (χ4v) is 3.76. The lowest BCUT2D eigenvalue weighted by Gasteiger charge is -2.13. The number of carbonyl (C=O) groups excluding carboxylic acids is 1. The summed E-state index contributed by atoms with van der Waals surface area (Å²) in [6.45, 7) is 5.86. The second-order valence-corrected chi connectivity index (χ2v) is 7.86. The number of halogens is 2. The minimum atomic E-state index is -0.549. The molecule has 7 heteroatoms. The number of aryl methyl sites for hydroxylation is 1. The van der Waals surface area contributed by atoms with Crippen LogP contribution in [0.5, 0.6) is 5.75 Å². The minimum absolute atomic E-state index is 0.0369. The lowest BCUT2D eigenvalue weighted by atomic mass is 10.1. The summed E-state index contributed by atoms with van der Waals surface area (Å²) in [4.78, 5) is 12.8. The molecule has 31 heavy (non-hydrogen) atoms. The number of ether oxygens (including phenoxy) is 1. The molecule has 0 aliphatic carbocycles. The summed E-state index contributed by atoms with van der Waals surface area (Å²) in [6, 6.07) is 14.5. The maximum absolute atomic E-state index is 12.8. The van der Waals surface area contributed by atoms with Crippen LogP contribution in [0.25, 0.3) is 11.8 Å². The number of carbonyl (C=O) groups is 1. The summed E-state index contributed by atoms with van der Waals surface area (Å²) in [5.74, 6) is -0.101. The zero-order chi connectivity index (χ0) is 22.7. The van der Waals surface area contributed by atoms with Crippen molar-refractivity contribution in [2.45, 2.75) is 20.8 Å². The molecule has 0 fully saturated rings. The van der Waals surface area contributed by atoms with Crippen molar-refractivity contribution >= 4 is 40.9 Å². The van der Waals surface area contributed by atoms with Crippen LogP contribution in [0, 0.1) is 32.1 Å². The molecule has 0 aliphatic rings. The molecule has 0 bridgehead atoms. The van der Waals surface area contributed by atoms with Crippen molar-refractivity contribution in [2.75, 3.05) is 12.4 Å². The van der Waals surface area contributed by atoms with Gasteiger partial charge in [-0.15, -0.1) is 0 Å². The Morgan fingerprint density at radius 2 is 1.90 bits per heavy atom. The molecule has 0 radical (unpaired) electrons. The van der Waals surface area contributed by atoms with Crippen molar-refractivity contribution in [1.82, 2.24) is 4.57 Å². The number of nitrogens with zero attached hydrogens (tertiary/aromatic N) is 2. The number of hydrogen-bond donors (Lipinski definition) is 1. The molecular weight excluding hydrogens is 433 g/mol. The summed E-state index contributed by atoms with van der Waals surface area (Å²) in [6.07, 6.45) is 1.57. The van der Waals surface area contributed by atoms with E-state index in [0.29, 0.717) is 21.5 Å². The van der Waals surface area contributed by atoms with Crippen LogP contribution in [0.1, 0.15) is 22.5 Å². The standard InChI is InChI=1S/C24H21Cl2N3O2/c1-14-10-17(16(3)29(14)22-7-5-6-20(26)15(22)2)11-18(13-27)24(30)28-21-12-19(25)8-9-23(21)31-4/h5-12H,1-4H3,(H,28,30)/b18-11+. The fraction of sp³-hybridized carbons (Fsp3) is 0.167. The summed E-state index contributed by atoms with van der Waals surface area (Å²) in [7, 11) is 1.49. The predicted molar refractivity (Wildman–Crippen MR) is 125 cm³/mol. The van der Waals surface area contributed by atoms with Crippen LogP contribution in [-0.4, -0.2) is 17.6 Å². The number of nitriles is 1. The first-order valence-electron chi connectivity index (χ1n) is 9.48. The third-order valence-corrected chi connectivity index (χ3v) is 5.67. The Kier molecular flexibility index (Phi) is 6.74. The molecule has 1 N–H and O–H groups in total. The number of anilines is 1. The second-order valence-electron chi connectivity index (χ2n) is 7.01. The molecule has 3 aromatic rings. The third-order valence-electron chi connectivity index (χ3n) is 5.02. The molecule has 0 saturated heterocycles. The first-order chi connectivity index (χ1) is 14.8. The number of amides is 1. The van der Waals surface area contributed by atoms with E-state index in [0.717, 1.165) is 28.2 Å². The van der Waals surface area contributed by atoms with E-state index in [1.54, 1.807) is 24.3 Å². The Bertz CT molecular complexity index is 1240. The number of aromatic nitrogens is 1. The van der Waals surface area contributed by atoms with E-state index in [-0.39, 0.29) is 5.57 Å². The third kappa shape index (κ3) is 4.61. The minimum Gasteiger partial charge on any atom is -0.495 e. The summed E-state index contributed by atoms with van der Waals surface area (Å²) >= 11 is 12.3. The zero-order valence-corrected chi connectivity index (χ0v) is 19.1. The lowest BCUT2D eigenvalue weighted by molar-refractivity contribution is -0.112. The normalized spacial score (nSPS) is 11.2. The average molecular weight is 454 g/mol. The molecule has 1 heterocycles. The maximum atomic E-state index is 12.8. The molecule has 0 aliphatic heterocycles. The largest absolute Gasteiger partial charge is 0.495 e. The smallest absolute Gasteiger partial charge is 0.266 e. The van der Waals surface area contributed by atoms with Crippen molar-refractivity contribution in [3.63, 3.8) is 0 Å². The van der Waals surface area contributed by atoms with Gasteiger partial charge >= 0.3 is 0 Å². The Labute approximate surface area is 191 Å². The van der Waals surface area contributed by atoms with E-state index in [9.17, 15) is 10.1 Å². The SMILES string of the molecule is COc1ccc(Cl)cc1NC(=O)/C(C#N)=C/c1cc(C)n(-c2cccc(Cl)c2C)c1C. The molecule has 3 rings (SSSR count). The number of rotatable bonds is 5. The highest BCUT2D eigenvalue weighted by Crippen LogP contribution is 2.30. The first kappa shape index (κ1) is 22.5. The van der Waals surface area contributed by atoms with Crippen LogP contribution in [0.2, 0.25) is 10.0 Å². The van der Waals surface area contributed by atoms with Gasteiger partial charge in [0, 0.05) is 27.1 Å². The van der Waals surface area contributed by atoms with Gasteiger partial charge in [-0.25, -0.2) is 0 Å². The van der Waals surface area contributed by atoms with Crippen molar-refractivity contribution in [2.24, 2.45) is 0 Å². The van der Waals surface area contributed by atoms with Gasteiger partial charge in [0.15, 0.2) is 0 Å². The van der Waals surface area contributed by atoms with Crippen molar-refractivity contribution < 1.29 is 9.53 Å². The molecule has 1 aromatic heterocycles. The molecule has 0 saturated carbocycles. The molecule has 0 unspecified atom stereocenters. The van der Waals surface area contributed by atoms with E-state index >= 15 is 0 Å². The highest BCUT2D eigenvalue weighted by Gasteiger charge is 2.16. The van der Waals surface area contributed by atoms with E-state index in [4.69, 9.17) is 27.9 Å². The van der Waals surface area contributed by atoms with Crippen LogP contribution in [0.15, 0.2) is 48.0 Å². The molecule has 0 spiro atoms. The van der Waals surface area contributed by atoms with Crippen molar-refractivity contribution in [3.05, 3.63) is 80.6 Å². The van der Waals surface area contributed by atoms with Gasteiger partial charge < -0.3 is 14.6 Å². The summed E-state index contributed by atoms with van der Waals surface area (Å²) < 4.78 is 7.31. The lowest BCUT2D eigenvalue weighted by Crippen LogP contribution is -2.14. The Morgan fingerprint density at radius 1 is 1.16 bits per heavy atom. The average Bonchev–Trinajstić information content (AvgIpc) is 3.01. The van der Waals surface area contributed by atoms with Crippen LogP contribution in [-0.2, 0) is 4.79 Å². The molecule has 0 atom stereocenters. The van der Waals surface area contributed by atoms with Crippen LogP contribution in [0.4, 0.5) is 5.69 Å². The predicted octanol–water partition coefficient (Wildman–Crippen LogP) is 6.26. The van der Waals surface area contributed by atoms with E-state index < -0.39 is 5.91 Å². The molecule has 158 valence electrons. The second kappa shape index (κ2) is 9.30. The number of nitrogens with one attached hydrogen (secondary N) is 1. The van der Waals surface area contributed by atoms with Gasteiger partial charge in [0.2, 0.25) is 0 Å². The van der Waals surface area contributed by atoms with Gasteiger partial charge in [-0.3, -0.25) is 4.79 Å². The number of hydrogen-bond acceptors (Lipinski definition) is 3. The molecule has 1 amide bonds. The number of benzene rings is 2. The van der Waals surface area contributed by atoms with Gasteiger partial charge in [-0.2, -0.15) is 5.26 Å².